The normalized spacial score (nSPS) is 9.94. The van der Waals surface area contributed by atoms with E-state index in [1.165, 1.54) is 4.57 Å². The molecule has 0 fully saturated rings. The number of aryl methyl sites for hydroxylation is 1. The van der Waals surface area contributed by atoms with E-state index < -0.39 is 0 Å². The third-order valence-electron chi connectivity index (χ3n) is 2.52. The summed E-state index contributed by atoms with van der Waals surface area (Å²) in [5.74, 6) is 0. The Hall–Kier alpha value is -2.05. The first kappa shape index (κ1) is 11.4. The lowest BCUT2D eigenvalue weighted by Gasteiger charge is -2.08. The zero-order chi connectivity index (χ0) is 12.4. The summed E-state index contributed by atoms with van der Waals surface area (Å²) in [6.07, 6.45) is 1.62. The molecule has 0 N–H and O–H groups in total. The molecule has 84 valence electrons. The Labute approximate surface area is 104 Å². The standard InChI is InChI=1S/C13H9ClN2O/c1-9-6-7-16(13(17)10(9)8-15)12-5-3-2-4-11(12)14/h2-7H,1H3. The lowest BCUT2D eigenvalue weighted by molar-refractivity contribution is 0.973. The fourth-order valence-corrected chi connectivity index (χ4v) is 1.83. The highest BCUT2D eigenvalue weighted by molar-refractivity contribution is 6.32. The lowest BCUT2D eigenvalue weighted by atomic mass is 10.1. The van der Waals surface area contributed by atoms with Crippen molar-refractivity contribution in [3.05, 3.63) is 63.0 Å². The number of nitrogens with zero attached hydrogens (tertiary/aromatic N) is 2. The Morgan fingerprint density at radius 1 is 1.29 bits per heavy atom. The van der Waals surface area contributed by atoms with Gasteiger partial charge in [-0.2, -0.15) is 5.26 Å². The van der Waals surface area contributed by atoms with Crippen LogP contribution in [0.2, 0.25) is 5.02 Å². The smallest absolute Gasteiger partial charge is 0.273 e. The van der Waals surface area contributed by atoms with Crippen LogP contribution in [0.3, 0.4) is 0 Å². The Morgan fingerprint density at radius 2 is 2.00 bits per heavy atom. The second-order valence-electron chi connectivity index (χ2n) is 3.61. The largest absolute Gasteiger partial charge is 0.282 e. The predicted octanol–water partition coefficient (Wildman–Crippen LogP) is 2.67. The van der Waals surface area contributed by atoms with Crippen molar-refractivity contribution in [3.8, 4) is 11.8 Å². The first-order chi connectivity index (χ1) is 8.15. The van der Waals surface area contributed by atoms with Gasteiger partial charge in [0.15, 0.2) is 0 Å². The molecule has 0 unspecified atom stereocenters. The van der Waals surface area contributed by atoms with Crippen molar-refractivity contribution in [2.45, 2.75) is 6.92 Å². The summed E-state index contributed by atoms with van der Waals surface area (Å²) in [6.45, 7) is 1.73. The minimum atomic E-state index is -0.347. The third kappa shape index (κ3) is 1.95. The maximum absolute atomic E-state index is 12.1. The van der Waals surface area contributed by atoms with Crippen molar-refractivity contribution in [1.29, 1.82) is 5.26 Å². The van der Waals surface area contributed by atoms with Crippen LogP contribution in [0.1, 0.15) is 11.1 Å². The predicted molar refractivity (Wildman–Crippen MR) is 66.5 cm³/mol. The van der Waals surface area contributed by atoms with Crippen LogP contribution < -0.4 is 5.56 Å². The number of rotatable bonds is 1. The molecule has 0 saturated carbocycles. The van der Waals surface area contributed by atoms with Crippen molar-refractivity contribution in [2.75, 3.05) is 0 Å². The maximum atomic E-state index is 12.1. The minimum Gasteiger partial charge on any atom is -0.282 e. The van der Waals surface area contributed by atoms with Crippen LogP contribution in [0, 0.1) is 18.3 Å². The zero-order valence-corrected chi connectivity index (χ0v) is 9.90. The van der Waals surface area contributed by atoms with Gasteiger partial charge in [-0.1, -0.05) is 23.7 Å². The summed E-state index contributed by atoms with van der Waals surface area (Å²) in [7, 11) is 0. The first-order valence-corrected chi connectivity index (χ1v) is 5.40. The molecule has 0 saturated heterocycles. The maximum Gasteiger partial charge on any atom is 0.273 e. The van der Waals surface area contributed by atoms with Crippen molar-refractivity contribution < 1.29 is 0 Å². The van der Waals surface area contributed by atoms with E-state index in [9.17, 15) is 4.79 Å². The Kier molecular flexibility index (Phi) is 2.99. The summed E-state index contributed by atoms with van der Waals surface area (Å²) in [6, 6.07) is 10.7. The monoisotopic (exact) mass is 244 g/mol. The molecule has 17 heavy (non-hydrogen) atoms. The molecule has 0 aliphatic rings. The number of para-hydroxylation sites is 1. The molecule has 1 aromatic carbocycles. The Morgan fingerprint density at radius 3 is 2.65 bits per heavy atom. The molecular formula is C13H9ClN2O. The van der Waals surface area contributed by atoms with Gasteiger partial charge in [-0.3, -0.25) is 9.36 Å². The van der Waals surface area contributed by atoms with Gasteiger partial charge in [-0.25, -0.2) is 0 Å². The lowest BCUT2D eigenvalue weighted by Crippen LogP contribution is -2.21. The summed E-state index contributed by atoms with van der Waals surface area (Å²) in [5, 5.41) is 9.42. The highest BCUT2D eigenvalue weighted by Gasteiger charge is 2.09. The van der Waals surface area contributed by atoms with Gasteiger partial charge in [0.1, 0.15) is 11.6 Å². The van der Waals surface area contributed by atoms with Crippen molar-refractivity contribution in [2.24, 2.45) is 0 Å². The summed E-state index contributed by atoms with van der Waals surface area (Å²) in [4.78, 5) is 12.1. The molecule has 1 heterocycles. The number of pyridine rings is 1. The van der Waals surface area contributed by atoms with Crippen molar-refractivity contribution in [1.82, 2.24) is 4.57 Å². The molecular weight excluding hydrogens is 236 g/mol. The molecule has 0 aliphatic carbocycles. The van der Waals surface area contributed by atoms with Crippen molar-refractivity contribution in [3.63, 3.8) is 0 Å². The molecule has 3 nitrogen and oxygen atoms in total. The topological polar surface area (TPSA) is 45.8 Å². The minimum absolute atomic E-state index is 0.146. The van der Waals surface area contributed by atoms with Gasteiger partial charge in [-0.15, -0.1) is 0 Å². The van der Waals surface area contributed by atoms with Crippen LogP contribution in [0.4, 0.5) is 0 Å². The van der Waals surface area contributed by atoms with Crippen molar-refractivity contribution >= 4 is 11.6 Å². The molecule has 0 spiro atoms. The van der Waals surface area contributed by atoms with E-state index in [0.29, 0.717) is 16.3 Å². The van der Waals surface area contributed by atoms with E-state index in [0.717, 1.165) is 0 Å². The quantitative estimate of drug-likeness (QED) is 0.774. The molecule has 0 amide bonds. The molecule has 0 atom stereocenters. The Bertz CT molecular complexity index is 668. The first-order valence-electron chi connectivity index (χ1n) is 5.02. The molecule has 4 heteroatoms. The zero-order valence-electron chi connectivity index (χ0n) is 9.14. The number of nitriles is 1. The van der Waals surface area contributed by atoms with E-state index in [1.807, 2.05) is 6.07 Å². The number of hydrogen-bond acceptors (Lipinski definition) is 2. The van der Waals surface area contributed by atoms with Crippen LogP contribution >= 0.6 is 11.6 Å². The van der Waals surface area contributed by atoms with Gasteiger partial charge in [0.2, 0.25) is 0 Å². The highest BCUT2D eigenvalue weighted by atomic mass is 35.5. The molecule has 2 rings (SSSR count). The van der Waals surface area contributed by atoms with Crippen LogP contribution in [-0.2, 0) is 0 Å². The second kappa shape index (κ2) is 4.44. The van der Waals surface area contributed by atoms with E-state index in [-0.39, 0.29) is 11.1 Å². The van der Waals surface area contributed by atoms with Gasteiger partial charge in [0.05, 0.1) is 10.7 Å². The van der Waals surface area contributed by atoms with Crippen LogP contribution in [-0.4, -0.2) is 4.57 Å². The van der Waals surface area contributed by atoms with Crippen LogP contribution in [0.25, 0.3) is 5.69 Å². The van der Waals surface area contributed by atoms with Crippen LogP contribution in [0.5, 0.6) is 0 Å². The van der Waals surface area contributed by atoms with Gasteiger partial charge in [0.25, 0.3) is 5.56 Å². The second-order valence-corrected chi connectivity index (χ2v) is 4.02. The van der Waals surface area contributed by atoms with E-state index >= 15 is 0 Å². The molecule has 1 aromatic heterocycles. The number of hydrogen-bond donors (Lipinski definition) is 0. The van der Waals surface area contributed by atoms with Gasteiger partial charge in [-0.05, 0) is 30.7 Å². The average molecular weight is 245 g/mol. The van der Waals surface area contributed by atoms with Gasteiger partial charge in [0, 0.05) is 6.20 Å². The van der Waals surface area contributed by atoms with E-state index in [2.05, 4.69) is 0 Å². The molecule has 0 aliphatic heterocycles. The van der Waals surface area contributed by atoms with E-state index in [4.69, 9.17) is 16.9 Å². The number of aromatic nitrogens is 1. The Balaban J connectivity index is 2.76. The summed E-state index contributed by atoms with van der Waals surface area (Å²) >= 11 is 6.02. The average Bonchev–Trinajstić information content (AvgIpc) is 2.31. The molecule has 2 aromatic rings. The molecule has 0 radical (unpaired) electrons. The fraction of sp³-hybridized carbons (Fsp3) is 0.0769. The highest BCUT2D eigenvalue weighted by Crippen LogP contribution is 2.18. The fourth-order valence-electron chi connectivity index (χ4n) is 1.60. The third-order valence-corrected chi connectivity index (χ3v) is 2.84. The summed E-state index contributed by atoms with van der Waals surface area (Å²) in [5.41, 5.74) is 1.05. The van der Waals surface area contributed by atoms with Gasteiger partial charge >= 0.3 is 0 Å². The molecule has 0 bridgehead atoms. The summed E-state index contributed by atoms with van der Waals surface area (Å²) < 4.78 is 1.38. The van der Waals surface area contributed by atoms with Crippen LogP contribution in [0.15, 0.2) is 41.3 Å². The number of halogens is 1. The van der Waals surface area contributed by atoms with Gasteiger partial charge < -0.3 is 0 Å². The SMILES string of the molecule is Cc1ccn(-c2ccccc2Cl)c(=O)c1C#N. The number of benzene rings is 1. The van der Waals surface area contributed by atoms with E-state index in [1.54, 1.807) is 43.5 Å².